The van der Waals surface area contributed by atoms with Crippen molar-refractivity contribution in [3.8, 4) is 5.75 Å². The molecular weight excluding hydrogens is 440 g/mol. The van der Waals surface area contributed by atoms with Gasteiger partial charge in [0.05, 0.1) is 7.11 Å². The Balaban J connectivity index is 1.13. The van der Waals surface area contributed by atoms with Crippen molar-refractivity contribution in [1.29, 1.82) is 0 Å². The molecule has 3 heterocycles. The highest BCUT2D eigenvalue weighted by Gasteiger charge is 2.33. The molecule has 184 valence electrons. The van der Waals surface area contributed by atoms with Crippen molar-refractivity contribution < 1.29 is 14.3 Å². The number of ether oxygens (including phenoxy) is 1. The summed E-state index contributed by atoms with van der Waals surface area (Å²) in [6, 6.07) is 18.1. The van der Waals surface area contributed by atoms with Crippen LogP contribution in [0.5, 0.6) is 5.75 Å². The molecule has 0 aliphatic carbocycles. The number of nitrogens with zero attached hydrogens (tertiary/aromatic N) is 3. The monoisotopic (exact) mass is 474 g/mol. The second-order valence-electron chi connectivity index (χ2n) is 9.70. The number of methoxy groups -OCH3 is 1. The summed E-state index contributed by atoms with van der Waals surface area (Å²) >= 11 is 0. The number of aromatic amines is 1. The largest absolute Gasteiger partial charge is 0.497 e. The molecule has 3 aromatic rings. The van der Waals surface area contributed by atoms with E-state index in [1.807, 2.05) is 40.1 Å². The molecule has 0 spiro atoms. The summed E-state index contributed by atoms with van der Waals surface area (Å²) < 4.78 is 5.28. The zero-order chi connectivity index (χ0) is 24.4. The number of H-pyrrole nitrogens is 1. The number of likely N-dealkylation sites (tertiary alicyclic amines) is 1. The van der Waals surface area contributed by atoms with Gasteiger partial charge in [0, 0.05) is 67.8 Å². The molecule has 2 aliphatic heterocycles. The van der Waals surface area contributed by atoms with E-state index >= 15 is 0 Å². The molecule has 2 aliphatic rings. The fraction of sp³-hybridized carbons (Fsp3) is 0.429. The zero-order valence-corrected chi connectivity index (χ0v) is 20.6. The van der Waals surface area contributed by atoms with E-state index in [9.17, 15) is 9.59 Å². The zero-order valence-electron chi connectivity index (χ0n) is 20.6. The highest BCUT2D eigenvalue weighted by atomic mass is 16.5. The molecule has 0 saturated carbocycles. The number of carbonyl (C=O) groups excluding carboxylic acids is 2. The van der Waals surface area contributed by atoms with Gasteiger partial charge in [-0.15, -0.1) is 0 Å². The summed E-state index contributed by atoms with van der Waals surface area (Å²) in [6.45, 7) is 6.70. The number of amides is 2. The molecule has 5 rings (SSSR count). The average molecular weight is 475 g/mol. The van der Waals surface area contributed by atoms with Gasteiger partial charge in [-0.05, 0) is 49.1 Å². The molecule has 2 saturated heterocycles. The number of rotatable bonds is 5. The summed E-state index contributed by atoms with van der Waals surface area (Å²) in [5.74, 6) is 1.34. The van der Waals surface area contributed by atoms with E-state index in [0.717, 1.165) is 55.7 Å². The summed E-state index contributed by atoms with van der Waals surface area (Å²) in [5.41, 5.74) is 2.72. The highest BCUT2D eigenvalue weighted by Crippen LogP contribution is 2.29. The molecule has 7 nitrogen and oxygen atoms in total. The van der Waals surface area contributed by atoms with Crippen LogP contribution >= 0.6 is 0 Å². The molecular formula is C28H34N4O3. The lowest BCUT2D eigenvalue weighted by Gasteiger charge is -2.39. The van der Waals surface area contributed by atoms with Crippen LogP contribution in [0.15, 0.2) is 54.6 Å². The molecule has 1 N–H and O–H groups in total. The van der Waals surface area contributed by atoms with Crippen molar-refractivity contribution in [2.24, 2.45) is 11.8 Å². The predicted molar refractivity (Wildman–Crippen MR) is 138 cm³/mol. The summed E-state index contributed by atoms with van der Waals surface area (Å²) in [7, 11) is 1.64. The SMILES string of the molecule is COc1ccc2cc(C(=O)N3CCC([C@@H](C)C(=O)N4CCN(c5ccccc5)CC4)CC3)[nH]c2c1. The second kappa shape index (κ2) is 10.0. The smallest absolute Gasteiger partial charge is 0.270 e. The van der Waals surface area contributed by atoms with Gasteiger partial charge in [0.2, 0.25) is 5.91 Å². The number of anilines is 1. The van der Waals surface area contributed by atoms with Gasteiger partial charge in [0.1, 0.15) is 11.4 Å². The highest BCUT2D eigenvalue weighted by molar-refractivity contribution is 5.98. The van der Waals surface area contributed by atoms with E-state index in [4.69, 9.17) is 4.74 Å². The van der Waals surface area contributed by atoms with Crippen LogP contribution in [0, 0.1) is 11.8 Å². The van der Waals surface area contributed by atoms with Crippen molar-refractivity contribution in [3.63, 3.8) is 0 Å². The van der Waals surface area contributed by atoms with Crippen molar-refractivity contribution in [1.82, 2.24) is 14.8 Å². The maximum absolute atomic E-state index is 13.2. The third kappa shape index (κ3) is 4.85. The number of piperazine rings is 1. The Morgan fingerprint density at radius 1 is 0.914 bits per heavy atom. The molecule has 7 heteroatoms. The van der Waals surface area contributed by atoms with Gasteiger partial charge in [-0.1, -0.05) is 25.1 Å². The van der Waals surface area contributed by atoms with Crippen molar-refractivity contribution in [3.05, 3.63) is 60.3 Å². The van der Waals surface area contributed by atoms with Gasteiger partial charge in [-0.25, -0.2) is 0 Å². The van der Waals surface area contributed by atoms with Crippen LogP contribution in [-0.4, -0.2) is 73.0 Å². The van der Waals surface area contributed by atoms with Crippen LogP contribution in [0.1, 0.15) is 30.3 Å². The maximum Gasteiger partial charge on any atom is 0.270 e. The summed E-state index contributed by atoms with van der Waals surface area (Å²) in [5, 5.41) is 0.996. The molecule has 1 aromatic heterocycles. The quantitative estimate of drug-likeness (QED) is 0.607. The lowest BCUT2D eigenvalue weighted by Crippen LogP contribution is -2.51. The molecule has 2 aromatic carbocycles. The lowest BCUT2D eigenvalue weighted by molar-refractivity contribution is -0.137. The molecule has 35 heavy (non-hydrogen) atoms. The van der Waals surface area contributed by atoms with Gasteiger partial charge in [0.15, 0.2) is 0 Å². The lowest BCUT2D eigenvalue weighted by atomic mass is 9.84. The van der Waals surface area contributed by atoms with Gasteiger partial charge in [0.25, 0.3) is 5.91 Å². The number of fused-ring (bicyclic) bond motifs is 1. The minimum Gasteiger partial charge on any atom is -0.497 e. The fourth-order valence-electron chi connectivity index (χ4n) is 5.43. The van der Waals surface area contributed by atoms with Crippen LogP contribution in [0.25, 0.3) is 10.9 Å². The maximum atomic E-state index is 13.2. The molecule has 1 atom stereocenters. The number of piperidine rings is 1. The van der Waals surface area contributed by atoms with E-state index in [0.29, 0.717) is 24.7 Å². The van der Waals surface area contributed by atoms with Crippen molar-refractivity contribution >= 4 is 28.4 Å². The second-order valence-corrected chi connectivity index (χ2v) is 9.70. The van der Waals surface area contributed by atoms with Crippen LogP contribution in [-0.2, 0) is 4.79 Å². The predicted octanol–water partition coefficient (Wildman–Crippen LogP) is 4.01. The first kappa shape index (κ1) is 23.3. The Hall–Kier alpha value is -3.48. The molecule has 0 radical (unpaired) electrons. The number of nitrogens with one attached hydrogen (secondary N) is 1. The van der Waals surface area contributed by atoms with E-state index in [1.54, 1.807) is 7.11 Å². The van der Waals surface area contributed by atoms with Gasteiger partial charge >= 0.3 is 0 Å². The van der Waals surface area contributed by atoms with E-state index in [1.165, 1.54) is 5.69 Å². The molecule has 0 bridgehead atoms. The van der Waals surface area contributed by atoms with E-state index in [2.05, 4.69) is 41.1 Å². The minimum absolute atomic E-state index is 0.0175. The van der Waals surface area contributed by atoms with Gasteiger partial charge < -0.3 is 24.4 Å². The number of benzene rings is 2. The summed E-state index contributed by atoms with van der Waals surface area (Å²) in [4.78, 5) is 35.9. The van der Waals surface area contributed by atoms with Crippen LogP contribution in [0.2, 0.25) is 0 Å². The third-order valence-electron chi connectivity index (χ3n) is 7.70. The number of hydrogen-bond donors (Lipinski definition) is 1. The Morgan fingerprint density at radius 2 is 1.63 bits per heavy atom. The van der Waals surface area contributed by atoms with E-state index < -0.39 is 0 Å². The van der Waals surface area contributed by atoms with E-state index in [-0.39, 0.29) is 17.7 Å². The standard InChI is InChI=1S/C28H34N4O3/c1-20(27(33)32-16-14-30(15-17-32)23-6-4-3-5-7-23)21-10-12-31(13-11-21)28(34)26-18-22-8-9-24(35-2)19-25(22)29-26/h3-9,18-21,29H,10-17H2,1-2H3/t20-/m1/s1. The summed E-state index contributed by atoms with van der Waals surface area (Å²) in [6.07, 6.45) is 1.72. The topological polar surface area (TPSA) is 68.9 Å². The van der Waals surface area contributed by atoms with Crippen LogP contribution in [0.4, 0.5) is 5.69 Å². The third-order valence-corrected chi connectivity index (χ3v) is 7.70. The minimum atomic E-state index is -0.0175. The fourth-order valence-corrected chi connectivity index (χ4v) is 5.43. The molecule has 2 fully saturated rings. The Bertz CT molecular complexity index is 1180. The van der Waals surface area contributed by atoms with Crippen molar-refractivity contribution in [2.75, 3.05) is 51.3 Å². The first-order chi connectivity index (χ1) is 17.0. The van der Waals surface area contributed by atoms with Gasteiger partial charge in [-0.3, -0.25) is 9.59 Å². The number of hydrogen-bond acceptors (Lipinski definition) is 4. The number of aromatic nitrogens is 1. The first-order valence-corrected chi connectivity index (χ1v) is 12.6. The Labute approximate surface area is 206 Å². The Morgan fingerprint density at radius 3 is 2.31 bits per heavy atom. The van der Waals surface area contributed by atoms with Crippen LogP contribution < -0.4 is 9.64 Å². The van der Waals surface area contributed by atoms with Gasteiger partial charge in [-0.2, -0.15) is 0 Å². The van der Waals surface area contributed by atoms with Crippen molar-refractivity contribution in [2.45, 2.75) is 19.8 Å². The first-order valence-electron chi connectivity index (χ1n) is 12.6. The van der Waals surface area contributed by atoms with Crippen LogP contribution in [0.3, 0.4) is 0 Å². The molecule has 2 amide bonds. The molecule has 0 unspecified atom stereocenters. The number of carbonyl (C=O) groups is 2. The Kier molecular flexibility index (Phi) is 6.66. The average Bonchev–Trinajstić information content (AvgIpc) is 3.36. The number of para-hydroxylation sites is 1. The normalized spacial score (nSPS) is 18.1.